The first-order valence-electron chi connectivity index (χ1n) is 8.32. The lowest BCUT2D eigenvalue weighted by Gasteiger charge is -2.27. The van der Waals surface area contributed by atoms with Crippen LogP contribution >= 0.6 is 0 Å². The second kappa shape index (κ2) is 9.61. The number of aryl methyl sites for hydroxylation is 1. The monoisotopic (exact) mass is 340 g/mol. The largest absolute Gasteiger partial charge is 0.507 e. The lowest BCUT2D eigenvalue weighted by atomic mass is 9.88. The van der Waals surface area contributed by atoms with Gasteiger partial charge in [0.25, 0.3) is 0 Å². The summed E-state index contributed by atoms with van der Waals surface area (Å²) < 4.78 is 5.17. The van der Waals surface area contributed by atoms with Crippen LogP contribution in [0.25, 0.3) is 0 Å². The maximum absolute atomic E-state index is 12.2. The molecule has 4 N–H and O–H groups in total. The Morgan fingerprint density at radius 1 is 1.17 bits per heavy atom. The third kappa shape index (κ3) is 4.69. The number of aliphatic hydroxyl groups excluding tert-OH is 3. The summed E-state index contributed by atoms with van der Waals surface area (Å²) in [5.41, 5.74) is 0.220. The van der Waals surface area contributed by atoms with Gasteiger partial charge in [-0.25, -0.2) is 4.79 Å². The third-order valence-electron chi connectivity index (χ3n) is 4.49. The zero-order valence-corrected chi connectivity index (χ0v) is 14.4. The molecule has 136 valence electrons. The van der Waals surface area contributed by atoms with Crippen molar-refractivity contribution in [2.75, 3.05) is 19.8 Å². The van der Waals surface area contributed by atoms with Crippen LogP contribution < -0.4 is 0 Å². The van der Waals surface area contributed by atoms with Crippen LogP contribution in [0.1, 0.15) is 54.6 Å². The molecule has 0 atom stereocenters. The highest BCUT2D eigenvalue weighted by atomic mass is 16.5. The Balaban J connectivity index is 2.95. The van der Waals surface area contributed by atoms with Crippen molar-refractivity contribution >= 4 is 5.97 Å². The maximum atomic E-state index is 12.2. The van der Waals surface area contributed by atoms with Crippen molar-refractivity contribution in [1.82, 2.24) is 0 Å². The average molecular weight is 340 g/mol. The van der Waals surface area contributed by atoms with Crippen LogP contribution in [0, 0.1) is 5.41 Å². The maximum Gasteiger partial charge on any atom is 0.341 e. The molecule has 1 aromatic carbocycles. The zero-order chi connectivity index (χ0) is 18.2. The SMILES string of the molecule is CCCCc1ccc(C(=O)OCC(CC)(CO)CO)c(O)c1CO. The Kier molecular flexibility index (Phi) is 8.18. The Bertz CT molecular complexity index is 528. The molecule has 0 spiro atoms. The highest BCUT2D eigenvalue weighted by Crippen LogP contribution is 2.29. The van der Waals surface area contributed by atoms with Crippen molar-refractivity contribution in [3.05, 3.63) is 28.8 Å². The Hall–Kier alpha value is -1.63. The Labute approximate surface area is 142 Å². The van der Waals surface area contributed by atoms with Gasteiger partial charge in [-0.2, -0.15) is 0 Å². The van der Waals surface area contributed by atoms with E-state index >= 15 is 0 Å². The third-order valence-corrected chi connectivity index (χ3v) is 4.49. The van der Waals surface area contributed by atoms with Crippen molar-refractivity contribution in [1.29, 1.82) is 0 Å². The average Bonchev–Trinajstić information content (AvgIpc) is 2.61. The number of rotatable bonds is 10. The summed E-state index contributed by atoms with van der Waals surface area (Å²) in [7, 11) is 0. The molecule has 0 fully saturated rings. The van der Waals surface area contributed by atoms with E-state index in [-0.39, 0.29) is 37.7 Å². The lowest BCUT2D eigenvalue weighted by molar-refractivity contribution is -0.0178. The normalized spacial score (nSPS) is 11.5. The number of ether oxygens (including phenoxy) is 1. The summed E-state index contributed by atoms with van der Waals surface area (Å²) in [5, 5.41) is 38.5. The number of benzene rings is 1. The van der Waals surface area contributed by atoms with Gasteiger partial charge in [0, 0.05) is 5.56 Å². The molecular formula is C18H28O6. The molecule has 6 heteroatoms. The van der Waals surface area contributed by atoms with E-state index < -0.39 is 11.4 Å². The van der Waals surface area contributed by atoms with E-state index in [9.17, 15) is 25.2 Å². The van der Waals surface area contributed by atoms with E-state index in [1.165, 1.54) is 6.07 Å². The molecule has 1 rings (SSSR count). The summed E-state index contributed by atoms with van der Waals surface area (Å²) in [6.45, 7) is 2.70. The number of aromatic hydroxyl groups is 1. The number of aliphatic hydroxyl groups is 3. The molecule has 0 saturated carbocycles. The van der Waals surface area contributed by atoms with Gasteiger partial charge in [0.2, 0.25) is 0 Å². The van der Waals surface area contributed by atoms with Crippen LogP contribution in [0.2, 0.25) is 0 Å². The Morgan fingerprint density at radius 3 is 2.33 bits per heavy atom. The van der Waals surface area contributed by atoms with Crippen molar-refractivity contribution in [3.63, 3.8) is 0 Å². The van der Waals surface area contributed by atoms with Gasteiger partial charge in [0.1, 0.15) is 17.9 Å². The zero-order valence-electron chi connectivity index (χ0n) is 14.4. The first kappa shape index (κ1) is 20.4. The van der Waals surface area contributed by atoms with Crippen LogP contribution in [-0.2, 0) is 17.8 Å². The van der Waals surface area contributed by atoms with Gasteiger partial charge in [0.15, 0.2) is 0 Å². The molecule has 6 nitrogen and oxygen atoms in total. The van der Waals surface area contributed by atoms with E-state index in [4.69, 9.17) is 4.74 Å². The van der Waals surface area contributed by atoms with Gasteiger partial charge < -0.3 is 25.2 Å². The van der Waals surface area contributed by atoms with E-state index in [1.807, 2.05) is 6.92 Å². The minimum atomic E-state index is -0.897. The highest BCUT2D eigenvalue weighted by molar-refractivity contribution is 5.93. The van der Waals surface area contributed by atoms with E-state index in [1.54, 1.807) is 13.0 Å². The summed E-state index contributed by atoms with van der Waals surface area (Å²) >= 11 is 0. The van der Waals surface area contributed by atoms with Crippen molar-refractivity contribution in [3.8, 4) is 5.75 Å². The molecule has 0 unspecified atom stereocenters. The van der Waals surface area contributed by atoms with Gasteiger partial charge in [-0.05, 0) is 30.9 Å². The molecule has 0 aliphatic heterocycles. The minimum absolute atomic E-state index is 0.0276. The molecule has 24 heavy (non-hydrogen) atoms. The van der Waals surface area contributed by atoms with Crippen LogP contribution in [0.3, 0.4) is 0 Å². The quantitative estimate of drug-likeness (QED) is 0.484. The molecule has 0 bridgehead atoms. The number of hydrogen-bond acceptors (Lipinski definition) is 6. The number of unbranched alkanes of at least 4 members (excludes halogenated alkanes) is 1. The van der Waals surface area contributed by atoms with Gasteiger partial charge in [-0.3, -0.25) is 0 Å². The number of carbonyl (C=O) groups is 1. The topological polar surface area (TPSA) is 107 Å². The molecule has 0 aliphatic rings. The molecular weight excluding hydrogens is 312 g/mol. The number of carbonyl (C=O) groups excluding carboxylic acids is 1. The summed E-state index contributed by atoms with van der Waals surface area (Å²) in [5.74, 6) is -1.02. The summed E-state index contributed by atoms with van der Waals surface area (Å²) in [6, 6.07) is 3.19. The standard InChI is InChI=1S/C18H28O6/c1-3-5-6-13-7-8-14(16(22)15(13)9-19)17(23)24-12-18(4-2,10-20)11-21/h7-8,19-22H,3-6,9-12H2,1-2H3. The van der Waals surface area contributed by atoms with Crippen molar-refractivity contribution in [2.45, 2.75) is 46.1 Å². The van der Waals surface area contributed by atoms with Crippen LogP contribution in [0.4, 0.5) is 0 Å². The van der Waals surface area contributed by atoms with Crippen LogP contribution in [0.15, 0.2) is 12.1 Å². The number of phenols is 1. The molecule has 0 aromatic heterocycles. The predicted molar refractivity (Wildman–Crippen MR) is 89.8 cm³/mol. The van der Waals surface area contributed by atoms with E-state index in [0.717, 1.165) is 18.4 Å². The fraction of sp³-hybridized carbons (Fsp3) is 0.611. The van der Waals surface area contributed by atoms with Crippen molar-refractivity contribution in [2.24, 2.45) is 5.41 Å². The summed E-state index contributed by atoms with van der Waals surface area (Å²) in [6.07, 6.45) is 3.06. The predicted octanol–water partition coefficient (Wildman–Crippen LogP) is 1.76. The second-order valence-electron chi connectivity index (χ2n) is 6.11. The van der Waals surface area contributed by atoms with Crippen molar-refractivity contribution < 1.29 is 30.0 Å². The lowest BCUT2D eigenvalue weighted by Crippen LogP contribution is -2.35. The van der Waals surface area contributed by atoms with E-state index in [0.29, 0.717) is 18.4 Å². The first-order chi connectivity index (χ1) is 11.5. The minimum Gasteiger partial charge on any atom is -0.507 e. The number of hydrogen-bond donors (Lipinski definition) is 4. The molecule has 0 amide bonds. The molecule has 1 aromatic rings. The molecule has 0 heterocycles. The molecule has 0 aliphatic carbocycles. The van der Waals surface area contributed by atoms with Crippen LogP contribution in [0.5, 0.6) is 5.75 Å². The second-order valence-corrected chi connectivity index (χ2v) is 6.11. The molecule has 0 saturated heterocycles. The summed E-state index contributed by atoms with van der Waals surface area (Å²) in [4.78, 5) is 12.2. The number of esters is 1. The smallest absolute Gasteiger partial charge is 0.341 e. The van der Waals surface area contributed by atoms with Gasteiger partial charge in [-0.15, -0.1) is 0 Å². The highest BCUT2D eigenvalue weighted by Gasteiger charge is 2.29. The van der Waals surface area contributed by atoms with Gasteiger partial charge in [-0.1, -0.05) is 26.3 Å². The van der Waals surface area contributed by atoms with E-state index in [2.05, 4.69) is 0 Å². The Morgan fingerprint density at radius 2 is 1.83 bits per heavy atom. The fourth-order valence-corrected chi connectivity index (χ4v) is 2.38. The molecule has 0 radical (unpaired) electrons. The first-order valence-corrected chi connectivity index (χ1v) is 8.32. The fourth-order valence-electron chi connectivity index (χ4n) is 2.38. The van der Waals surface area contributed by atoms with Crippen LogP contribution in [-0.4, -0.2) is 46.2 Å². The van der Waals surface area contributed by atoms with Gasteiger partial charge >= 0.3 is 5.97 Å². The van der Waals surface area contributed by atoms with Gasteiger partial charge in [0.05, 0.1) is 25.2 Å².